The zero-order chi connectivity index (χ0) is 26.1. The number of alkyl halides is 3. The maximum absolute atomic E-state index is 13.8. The molecule has 0 aliphatic carbocycles. The van der Waals surface area contributed by atoms with Gasteiger partial charge in [0.1, 0.15) is 22.5 Å². The molecule has 1 saturated heterocycles. The van der Waals surface area contributed by atoms with Gasteiger partial charge < -0.3 is 14.7 Å². The monoisotopic (exact) mass is 520 g/mol. The van der Waals surface area contributed by atoms with E-state index >= 15 is 0 Å². The number of pyridine rings is 2. The van der Waals surface area contributed by atoms with Gasteiger partial charge in [0.15, 0.2) is 0 Å². The summed E-state index contributed by atoms with van der Waals surface area (Å²) in [6.45, 7) is 4.31. The van der Waals surface area contributed by atoms with Crippen molar-refractivity contribution in [2.24, 2.45) is 5.41 Å². The van der Waals surface area contributed by atoms with Crippen molar-refractivity contribution >= 4 is 29.6 Å². The number of hydrogen-bond donors (Lipinski definition) is 2. The van der Waals surface area contributed by atoms with Gasteiger partial charge in [-0.3, -0.25) is 4.79 Å². The second-order valence-corrected chi connectivity index (χ2v) is 9.81. The predicted octanol–water partition coefficient (Wildman–Crippen LogP) is 6.42. The van der Waals surface area contributed by atoms with E-state index in [9.17, 15) is 27.5 Å². The molecule has 0 bridgehead atoms. The summed E-state index contributed by atoms with van der Waals surface area (Å²) >= 11 is 1.06. The van der Waals surface area contributed by atoms with Crippen LogP contribution in [0.3, 0.4) is 0 Å². The number of anilines is 2. The highest BCUT2D eigenvalue weighted by molar-refractivity contribution is 8.00. The quantitative estimate of drug-likeness (QED) is 0.287. The molecule has 0 saturated carbocycles. The first-order chi connectivity index (χ1) is 17.0. The minimum Gasteiger partial charge on any atom is -0.481 e. The van der Waals surface area contributed by atoms with Crippen LogP contribution in [0, 0.1) is 18.2 Å². The molecule has 0 amide bonds. The normalized spacial score (nSPS) is 18.2. The molecule has 1 aliphatic rings. The van der Waals surface area contributed by atoms with Crippen LogP contribution in [0.2, 0.25) is 0 Å². The molecule has 2 aromatic heterocycles. The molecular formula is C25H24F4N4O2S. The summed E-state index contributed by atoms with van der Waals surface area (Å²) in [4.78, 5) is 22.3. The van der Waals surface area contributed by atoms with Crippen LogP contribution >= 0.6 is 11.9 Å². The number of aliphatic carboxylic acids is 1. The van der Waals surface area contributed by atoms with Gasteiger partial charge in [0.2, 0.25) is 0 Å². The summed E-state index contributed by atoms with van der Waals surface area (Å²) in [6.07, 6.45) is -3.36. The highest BCUT2D eigenvalue weighted by Gasteiger charge is 2.38. The Morgan fingerprint density at radius 1 is 1.17 bits per heavy atom. The fraction of sp³-hybridized carbons (Fsp3) is 0.320. The molecule has 4 rings (SSSR count). The molecule has 11 heteroatoms. The van der Waals surface area contributed by atoms with E-state index in [2.05, 4.69) is 14.7 Å². The average Bonchev–Trinajstić information content (AvgIpc) is 2.83. The number of nitrogens with zero attached hydrogens (tertiary/aromatic N) is 3. The van der Waals surface area contributed by atoms with Crippen LogP contribution in [0.1, 0.15) is 30.9 Å². The van der Waals surface area contributed by atoms with Crippen molar-refractivity contribution < 1.29 is 27.5 Å². The fourth-order valence-corrected chi connectivity index (χ4v) is 4.76. The van der Waals surface area contributed by atoms with Crippen LogP contribution in [0.25, 0.3) is 11.3 Å². The molecule has 2 N–H and O–H groups in total. The largest absolute Gasteiger partial charge is 0.481 e. The lowest BCUT2D eigenvalue weighted by Crippen LogP contribution is -2.46. The lowest BCUT2D eigenvalue weighted by Gasteiger charge is -2.38. The van der Waals surface area contributed by atoms with Gasteiger partial charge >= 0.3 is 12.1 Å². The first kappa shape index (κ1) is 25.7. The number of piperidine rings is 1. The van der Waals surface area contributed by atoms with E-state index in [1.54, 1.807) is 32.0 Å². The summed E-state index contributed by atoms with van der Waals surface area (Å²) < 4.78 is 57.8. The van der Waals surface area contributed by atoms with E-state index in [1.807, 2.05) is 4.90 Å². The molecule has 1 aromatic carbocycles. The Labute approximate surface area is 209 Å². The minimum atomic E-state index is -4.67. The fourth-order valence-electron chi connectivity index (χ4n) is 4.15. The molecule has 0 spiro atoms. The molecule has 6 nitrogen and oxygen atoms in total. The van der Waals surface area contributed by atoms with E-state index < -0.39 is 28.9 Å². The molecule has 1 atom stereocenters. The molecule has 1 fully saturated rings. The first-order valence-electron chi connectivity index (χ1n) is 11.2. The predicted molar refractivity (Wildman–Crippen MR) is 130 cm³/mol. The lowest BCUT2D eigenvalue weighted by molar-refractivity contribution is -0.148. The number of benzene rings is 1. The summed E-state index contributed by atoms with van der Waals surface area (Å²) in [5.41, 5.74) is -1.67. The molecular weight excluding hydrogens is 496 g/mol. The Morgan fingerprint density at radius 3 is 2.67 bits per heavy atom. The number of rotatable bonds is 6. The third-order valence-electron chi connectivity index (χ3n) is 6.16. The molecule has 3 aromatic rings. The maximum Gasteiger partial charge on any atom is 0.418 e. The number of aromatic nitrogens is 2. The Morgan fingerprint density at radius 2 is 1.94 bits per heavy atom. The topological polar surface area (TPSA) is 78.4 Å². The number of nitrogens with one attached hydrogen (secondary N) is 1. The second kappa shape index (κ2) is 9.96. The number of carboxylic acid groups (broad SMARTS) is 1. The summed E-state index contributed by atoms with van der Waals surface area (Å²) in [6, 6.07) is 11.1. The van der Waals surface area contributed by atoms with Gasteiger partial charge in [0.25, 0.3) is 0 Å². The standard InChI is InChI=1S/C25H24F4N4O2S/c1-15-7-8-16(26)13-17(15)22-18(25(27,28)29)9-10-19(30-22)32-36-21-6-3-5-20(31-21)33-12-4-11-24(2,14-33)23(34)35/h3,5-10,13H,4,11-12,14H2,1-2H3,(H,30,32)(H,34,35). The summed E-state index contributed by atoms with van der Waals surface area (Å²) in [5.74, 6) is -0.742. The molecule has 0 radical (unpaired) electrons. The van der Waals surface area contributed by atoms with Crippen molar-refractivity contribution in [3.63, 3.8) is 0 Å². The van der Waals surface area contributed by atoms with Gasteiger partial charge in [-0.2, -0.15) is 13.2 Å². The Kier molecular flexibility index (Phi) is 7.12. The first-order valence-corrected chi connectivity index (χ1v) is 12.0. The van der Waals surface area contributed by atoms with E-state index in [0.717, 1.165) is 30.5 Å². The third kappa shape index (κ3) is 5.56. The van der Waals surface area contributed by atoms with Crippen LogP contribution in [-0.2, 0) is 11.0 Å². The minimum absolute atomic E-state index is 0.0580. The molecule has 190 valence electrons. The summed E-state index contributed by atoms with van der Waals surface area (Å²) in [5, 5.41) is 10.1. The Hall–Kier alpha value is -3.34. The molecule has 3 heterocycles. The van der Waals surface area contributed by atoms with Crippen molar-refractivity contribution in [1.29, 1.82) is 0 Å². The molecule has 36 heavy (non-hydrogen) atoms. The number of carbonyl (C=O) groups is 1. The van der Waals surface area contributed by atoms with Crippen LogP contribution < -0.4 is 9.62 Å². The molecule has 1 aliphatic heterocycles. The second-order valence-electron chi connectivity index (χ2n) is 8.98. The van der Waals surface area contributed by atoms with Gasteiger partial charge in [0.05, 0.1) is 16.7 Å². The van der Waals surface area contributed by atoms with Gasteiger partial charge in [0, 0.05) is 30.6 Å². The zero-order valence-electron chi connectivity index (χ0n) is 19.6. The summed E-state index contributed by atoms with van der Waals surface area (Å²) in [7, 11) is 0. The van der Waals surface area contributed by atoms with Gasteiger partial charge in [-0.25, -0.2) is 14.4 Å². The van der Waals surface area contributed by atoms with Crippen LogP contribution in [0.15, 0.2) is 53.6 Å². The highest BCUT2D eigenvalue weighted by Crippen LogP contribution is 2.38. The van der Waals surface area contributed by atoms with Crippen LogP contribution in [0.5, 0.6) is 0 Å². The third-order valence-corrected chi connectivity index (χ3v) is 6.91. The van der Waals surface area contributed by atoms with E-state index in [4.69, 9.17) is 0 Å². The number of hydrogen-bond acceptors (Lipinski definition) is 6. The van der Waals surface area contributed by atoms with Crippen molar-refractivity contribution in [2.45, 2.75) is 37.9 Å². The van der Waals surface area contributed by atoms with Crippen LogP contribution in [0.4, 0.5) is 29.2 Å². The number of carboxylic acids is 1. The number of aryl methyl sites for hydroxylation is 1. The van der Waals surface area contributed by atoms with Crippen molar-refractivity contribution in [2.75, 3.05) is 22.7 Å². The van der Waals surface area contributed by atoms with Gasteiger partial charge in [-0.1, -0.05) is 12.1 Å². The lowest BCUT2D eigenvalue weighted by atomic mass is 9.82. The maximum atomic E-state index is 13.8. The average molecular weight is 521 g/mol. The Balaban J connectivity index is 1.57. The van der Waals surface area contributed by atoms with E-state index in [-0.39, 0.29) is 17.1 Å². The Bertz CT molecular complexity index is 1290. The molecule has 1 unspecified atom stereocenters. The smallest absolute Gasteiger partial charge is 0.418 e. The van der Waals surface area contributed by atoms with Crippen molar-refractivity contribution in [1.82, 2.24) is 9.97 Å². The number of halogens is 4. The van der Waals surface area contributed by atoms with Crippen molar-refractivity contribution in [3.8, 4) is 11.3 Å². The van der Waals surface area contributed by atoms with Crippen molar-refractivity contribution in [3.05, 3.63) is 65.5 Å². The zero-order valence-corrected chi connectivity index (χ0v) is 20.4. The van der Waals surface area contributed by atoms with E-state index in [1.165, 1.54) is 18.2 Å². The van der Waals surface area contributed by atoms with E-state index in [0.29, 0.717) is 35.9 Å². The SMILES string of the molecule is Cc1ccc(F)cc1-c1nc(NSc2cccc(N3CCCC(C)(C(=O)O)C3)n2)ccc1C(F)(F)F. The van der Waals surface area contributed by atoms with Crippen LogP contribution in [-0.4, -0.2) is 34.1 Å². The highest BCUT2D eigenvalue weighted by atomic mass is 32.2. The van der Waals surface area contributed by atoms with Gasteiger partial charge in [-0.15, -0.1) is 0 Å². The van der Waals surface area contributed by atoms with Gasteiger partial charge in [-0.05, 0) is 68.7 Å².